The van der Waals surface area contributed by atoms with Crippen molar-refractivity contribution < 1.29 is 27.6 Å². The highest BCUT2D eigenvalue weighted by molar-refractivity contribution is 7.92. The van der Waals surface area contributed by atoms with Gasteiger partial charge in [-0.15, -0.1) is 0 Å². The Bertz CT molecular complexity index is 1280. The maximum Gasteiger partial charge on any atom is 0.343 e. The third-order valence-corrected chi connectivity index (χ3v) is 6.58. The van der Waals surface area contributed by atoms with E-state index in [1.165, 1.54) is 44.5 Å². The number of nitro benzene ring substituents is 1. The summed E-state index contributed by atoms with van der Waals surface area (Å²) in [6.07, 6.45) is 0. The Morgan fingerprint density at radius 1 is 1.03 bits per heavy atom. The summed E-state index contributed by atoms with van der Waals surface area (Å²) in [6.45, 7) is 0. The van der Waals surface area contributed by atoms with Crippen LogP contribution in [0.4, 0.5) is 11.4 Å². The SMILES string of the molecule is COc1ccccc1N(C)S(=O)(=O)c1ccc(C(=O)Oc2ccc([N+](=O)[O-])cc2Cl)cc1. The molecule has 0 heterocycles. The molecule has 11 heteroatoms. The molecular formula is C21H17ClN2O7S. The van der Waals surface area contributed by atoms with Crippen LogP contribution >= 0.6 is 11.6 Å². The van der Waals surface area contributed by atoms with E-state index in [1.54, 1.807) is 24.3 Å². The third-order valence-electron chi connectivity index (χ3n) is 4.50. The molecule has 0 aliphatic carbocycles. The van der Waals surface area contributed by atoms with E-state index < -0.39 is 20.9 Å². The second-order valence-corrected chi connectivity index (χ2v) is 8.81. The standard InChI is InChI=1S/C21H17ClN2O7S/c1-23(18-5-3-4-6-20(18)30-2)32(28,29)16-10-7-14(8-11-16)21(25)31-19-12-9-15(24(26)27)13-17(19)22/h3-13H,1-2H3. The minimum atomic E-state index is -3.93. The average Bonchev–Trinajstić information content (AvgIpc) is 2.79. The number of anilines is 1. The number of methoxy groups -OCH3 is 1. The van der Waals surface area contributed by atoms with Gasteiger partial charge in [0.05, 0.1) is 33.2 Å². The molecule has 0 unspecified atom stereocenters. The van der Waals surface area contributed by atoms with Crippen LogP contribution in [0.25, 0.3) is 0 Å². The molecule has 0 aromatic heterocycles. The van der Waals surface area contributed by atoms with Crippen LogP contribution in [0.1, 0.15) is 10.4 Å². The maximum atomic E-state index is 13.0. The number of carbonyl (C=O) groups excluding carboxylic acids is 1. The molecule has 3 aromatic rings. The van der Waals surface area contributed by atoms with Gasteiger partial charge in [0.25, 0.3) is 15.7 Å². The first-order chi connectivity index (χ1) is 15.1. The van der Waals surface area contributed by atoms with Gasteiger partial charge in [-0.2, -0.15) is 0 Å². The Kier molecular flexibility index (Phi) is 6.66. The molecule has 0 spiro atoms. The average molecular weight is 477 g/mol. The molecule has 0 radical (unpaired) electrons. The van der Waals surface area contributed by atoms with Gasteiger partial charge in [0, 0.05) is 19.2 Å². The number of ether oxygens (including phenoxy) is 2. The lowest BCUT2D eigenvalue weighted by Crippen LogP contribution is -2.27. The number of benzene rings is 3. The second kappa shape index (κ2) is 9.25. The van der Waals surface area contributed by atoms with Crippen molar-refractivity contribution in [1.82, 2.24) is 0 Å². The zero-order chi connectivity index (χ0) is 23.5. The highest BCUT2D eigenvalue weighted by Gasteiger charge is 2.24. The lowest BCUT2D eigenvalue weighted by atomic mass is 10.2. The zero-order valence-electron chi connectivity index (χ0n) is 16.9. The summed E-state index contributed by atoms with van der Waals surface area (Å²) in [5, 5.41) is 10.7. The lowest BCUT2D eigenvalue weighted by Gasteiger charge is -2.21. The van der Waals surface area contributed by atoms with Gasteiger partial charge in [0.1, 0.15) is 11.5 Å². The summed E-state index contributed by atoms with van der Waals surface area (Å²) in [4.78, 5) is 22.5. The molecule has 32 heavy (non-hydrogen) atoms. The van der Waals surface area contributed by atoms with Gasteiger partial charge in [-0.3, -0.25) is 14.4 Å². The molecule has 0 saturated heterocycles. The van der Waals surface area contributed by atoms with Crippen LogP contribution in [-0.2, 0) is 10.0 Å². The predicted molar refractivity (Wildman–Crippen MR) is 118 cm³/mol. The van der Waals surface area contributed by atoms with E-state index >= 15 is 0 Å². The number of carbonyl (C=O) groups is 1. The second-order valence-electron chi connectivity index (χ2n) is 6.43. The Morgan fingerprint density at radius 2 is 1.69 bits per heavy atom. The molecule has 0 aliphatic rings. The van der Waals surface area contributed by atoms with Gasteiger partial charge in [-0.05, 0) is 42.5 Å². The molecule has 0 N–H and O–H groups in total. The summed E-state index contributed by atoms with van der Waals surface area (Å²) in [5.41, 5.74) is 0.174. The van der Waals surface area contributed by atoms with E-state index in [4.69, 9.17) is 21.1 Å². The van der Waals surface area contributed by atoms with Crippen LogP contribution in [-0.4, -0.2) is 33.5 Å². The van der Waals surface area contributed by atoms with Gasteiger partial charge < -0.3 is 9.47 Å². The van der Waals surface area contributed by atoms with Crippen LogP contribution < -0.4 is 13.8 Å². The summed E-state index contributed by atoms with van der Waals surface area (Å²) in [5.74, 6) is -0.476. The third kappa shape index (κ3) is 4.66. The molecule has 9 nitrogen and oxygen atoms in total. The van der Waals surface area contributed by atoms with E-state index in [1.807, 2.05) is 0 Å². The summed E-state index contributed by atoms with van der Waals surface area (Å²) < 4.78 is 37.4. The highest BCUT2D eigenvalue weighted by Crippen LogP contribution is 2.31. The molecule has 3 aromatic carbocycles. The normalized spacial score (nSPS) is 11.0. The fraction of sp³-hybridized carbons (Fsp3) is 0.0952. The highest BCUT2D eigenvalue weighted by atomic mass is 35.5. The topological polar surface area (TPSA) is 116 Å². The Labute approximate surface area is 189 Å². The number of hydrogen-bond acceptors (Lipinski definition) is 7. The van der Waals surface area contributed by atoms with Crippen molar-refractivity contribution in [2.24, 2.45) is 0 Å². The van der Waals surface area contributed by atoms with Crippen LogP contribution in [0, 0.1) is 10.1 Å². The first-order valence-electron chi connectivity index (χ1n) is 9.03. The van der Waals surface area contributed by atoms with Gasteiger partial charge in [0.15, 0.2) is 0 Å². The summed E-state index contributed by atoms with van der Waals surface area (Å²) >= 11 is 5.93. The minimum absolute atomic E-state index is 0.0455. The lowest BCUT2D eigenvalue weighted by molar-refractivity contribution is -0.384. The first-order valence-corrected chi connectivity index (χ1v) is 10.8. The van der Waals surface area contributed by atoms with Gasteiger partial charge in [-0.25, -0.2) is 13.2 Å². The van der Waals surface area contributed by atoms with E-state index in [2.05, 4.69) is 0 Å². The molecule has 0 aliphatic heterocycles. The molecule has 3 rings (SSSR count). The Morgan fingerprint density at radius 3 is 2.28 bits per heavy atom. The van der Waals surface area contributed by atoms with Crippen molar-refractivity contribution in [1.29, 1.82) is 0 Å². The number of esters is 1. The maximum absolute atomic E-state index is 13.0. The number of rotatable bonds is 7. The molecule has 0 atom stereocenters. The molecular weight excluding hydrogens is 460 g/mol. The van der Waals surface area contributed by atoms with Crippen molar-refractivity contribution in [2.45, 2.75) is 4.90 Å². The van der Waals surface area contributed by atoms with E-state index in [9.17, 15) is 23.3 Å². The van der Waals surface area contributed by atoms with Crippen LogP contribution in [0.15, 0.2) is 71.6 Å². The van der Waals surface area contributed by atoms with Gasteiger partial charge in [0.2, 0.25) is 0 Å². The smallest absolute Gasteiger partial charge is 0.343 e. The minimum Gasteiger partial charge on any atom is -0.495 e. The van der Waals surface area contributed by atoms with Gasteiger partial charge >= 0.3 is 5.97 Å². The Hall–Kier alpha value is -3.63. The molecule has 0 saturated carbocycles. The number of nitrogens with zero attached hydrogens (tertiary/aromatic N) is 2. The Balaban J connectivity index is 1.81. The number of nitro groups is 1. The number of hydrogen-bond donors (Lipinski definition) is 0. The van der Waals surface area contributed by atoms with Crippen LogP contribution in [0.2, 0.25) is 5.02 Å². The number of sulfonamides is 1. The quantitative estimate of drug-likeness (QED) is 0.216. The fourth-order valence-electron chi connectivity index (χ4n) is 2.79. The first kappa shape index (κ1) is 23.0. The zero-order valence-corrected chi connectivity index (χ0v) is 18.5. The van der Waals surface area contributed by atoms with E-state index in [0.717, 1.165) is 16.4 Å². The van der Waals surface area contributed by atoms with E-state index in [-0.39, 0.29) is 26.9 Å². The van der Waals surface area contributed by atoms with Crippen LogP contribution in [0.3, 0.4) is 0 Å². The number of para-hydroxylation sites is 2. The largest absolute Gasteiger partial charge is 0.495 e. The number of halogens is 1. The fourth-order valence-corrected chi connectivity index (χ4v) is 4.20. The van der Waals surface area contributed by atoms with Crippen molar-refractivity contribution in [3.63, 3.8) is 0 Å². The van der Waals surface area contributed by atoms with E-state index in [0.29, 0.717) is 11.4 Å². The molecule has 0 amide bonds. The molecule has 0 bridgehead atoms. The van der Waals surface area contributed by atoms with Crippen molar-refractivity contribution in [3.8, 4) is 11.5 Å². The number of non-ortho nitro benzene ring substituents is 1. The molecule has 166 valence electrons. The summed E-state index contributed by atoms with van der Waals surface area (Å²) in [6, 6.07) is 15.2. The monoisotopic (exact) mass is 476 g/mol. The molecule has 0 fully saturated rings. The van der Waals surface area contributed by atoms with Crippen molar-refractivity contribution in [3.05, 3.63) is 87.4 Å². The predicted octanol–water partition coefficient (Wildman–Crippen LogP) is 4.30. The van der Waals surface area contributed by atoms with Gasteiger partial charge in [-0.1, -0.05) is 23.7 Å². The van der Waals surface area contributed by atoms with Crippen molar-refractivity contribution >= 4 is 39.0 Å². The van der Waals surface area contributed by atoms with Crippen molar-refractivity contribution in [2.75, 3.05) is 18.5 Å². The van der Waals surface area contributed by atoms with Crippen LogP contribution in [0.5, 0.6) is 11.5 Å². The summed E-state index contributed by atoms with van der Waals surface area (Å²) in [7, 11) is -1.09.